The molecule has 1 aromatic rings. The molecule has 19 heavy (non-hydrogen) atoms. The van der Waals surface area contributed by atoms with E-state index in [2.05, 4.69) is 4.72 Å². The fraction of sp³-hybridized carbons (Fsp3) is 0.385. The molecule has 1 atom stereocenters. The van der Waals surface area contributed by atoms with Crippen LogP contribution in [0.3, 0.4) is 0 Å². The lowest BCUT2D eigenvalue weighted by atomic mass is 10.1. The van der Waals surface area contributed by atoms with Crippen molar-refractivity contribution in [1.82, 2.24) is 4.72 Å². The number of benzene rings is 1. The Bertz CT molecular complexity index is 523. The molecule has 0 aliphatic rings. The highest BCUT2D eigenvalue weighted by Crippen LogP contribution is 2.11. The Kier molecular flexibility index (Phi) is 6.00. The zero-order valence-corrected chi connectivity index (χ0v) is 12.4. The van der Waals surface area contributed by atoms with Crippen molar-refractivity contribution in [2.24, 2.45) is 5.92 Å². The van der Waals surface area contributed by atoms with Crippen molar-refractivity contribution in [2.45, 2.75) is 19.9 Å². The van der Waals surface area contributed by atoms with Gasteiger partial charge >= 0.3 is 0 Å². The van der Waals surface area contributed by atoms with Crippen LogP contribution in [0.15, 0.2) is 29.7 Å². The number of aliphatic hydroxyl groups is 1. The molecule has 0 aliphatic heterocycles. The van der Waals surface area contributed by atoms with Gasteiger partial charge in [0.1, 0.15) is 0 Å². The van der Waals surface area contributed by atoms with Crippen LogP contribution in [0, 0.1) is 5.92 Å². The van der Waals surface area contributed by atoms with Crippen LogP contribution in [-0.4, -0.2) is 26.2 Å². The zero-order chi connectivity index (χ0) is 14.5. The molecule has 6 heteroatoms. The van der Waals surface area contributed by atoms with Crippen molar-refractivity contribution in [3.63, 3.8) is 0 Å². The summed E-state index contributed by atoms with van der Waals surface area (Å²) in [5.41, 5.74) is 0.736. The van der Waals surface area contributed by atoms with Crippen molar-refractivity contribution in [1.29, 1.82) is 0 Å². The topological polar surface area (TPSA) is 66.4 Å². The lowest BCUT2D eigenvalue weighted by Crippen LogP contribution is -2.40. The fourth-order valence-electron chi connectivity index (χ4n) is 1.38. The minimum atomic E-state index is -3.57. The summed E-state index contributed by atoms with van der Waals surface area (Å²) in [6.07, 6.45) is 1.48. The smallest absolute Gasteiger partial charge is 0.234 e. The average Bonchev–Trinajstić information content (AvgIpc) is 2.35. The zero-order valence-electron chi connectivity index (χ0n) is 10.9. The predicted molar refractivity (Wildman–Crippen MR) is 78.3 cm³/mol. The van der Waals surface area contributed by atoms with E-state index >= 15 is 0 Å². The molecule has 0 amide bonds. The van der Waals surface area contributed by atoms with Crippen LogP contribution in [0.25, 0.3) is 6.08 Å². The Morgan fingerprint density at radius 1 is 1.32 bits per heavy atom. The standard InChI is InChI=1S/C13H18ClNO3S/c1-10(2)13(9-16)15-19(17,18)8-7-11-3-5-12(14)6-4-11/h3-8,10,13,15-16H,9H2,1-2H3. The molecule has 0 heterocycles. The van der Waals surface area contributed by atoms with Gasteiger partial charge in [-0.15, -0.1) is 0 Å². The van der Waals surface area contributed by atoms with Crippen LogP contribution in [0.1, 0.15) is 19.4 Å². The van der Waals surface area contributed by atoms with Crippen molar-refractivity contribution in [2.75, 3.05) is 6.61 Å². The highest BCUT2D eigenvalue weighted by Gasteiger charge is 2.17. The molecule has 1 rings (SSSR count). The lowest BCUT2D eigenvalue weighted by Gasteiger charge is -2.18. The molecule has 2 N–H and O–H groups in total. The van der Waals surface area contributed by atoms with E-state index in [4.69, 9.17) is 16.7 Å². The molecule has 0 bridgehead atoms. The molecule has 0 fully saturated rings. The third-order valence-corrected chi connectivity index (χ3v) is 4.00. The van der Waals surface area contributed by atoms with E-state index < -0.39 is 16.1 Å². The Labute approximate surface area is 119 Å². The monoisotopic (exact) mass is 303 g/mol. The number of halogens is 1. The van der Waals surface area contributed by atoms with E-state index in [-0.39, 0.29) is 12.5 Å². The van der Waals surface area contributed by atoms with Gasteiger partial charge in [0, 0.05) is 16.5 Å². The number of nitrogens with one attached hydrogen (secondary N) is 1. The van der Waals surface area contributed by atoms with Crippen molar-refractivity contribution >= 4 is 27.7 Å². The maximum absolute atomic E-state index is 11.8. The van der Waals surface area contributed by atoms with E-state index in [0.717, 1.165) is 11.0 Å². The van der Waals surface area contributed by atoms with Gasteiger partial charge < -0.3 is 5.11 Å². The molecule has 0 aromatic heterocycles. The first-order chi connectivity index (χ1) is 8.84. The van der Waals surface area contributed by atoms with Crippen LogP contribution >= 0.6 is 11.6 Å². The van der Waals surface area contributed by atoms with Crippen LogP contribution in [0.5, 0.6) is 0 Å². The summed E-state index contributed by atoms with van der Waals surface area (Å²) >= 11 is 5.74. The SMILES string of the molecule is CC(C)C(CO)NS(=O)(=O)C=Cc1ccc(Cl)cc1. The van der Waals surface area contributed by atoms with Crippen LogP contribution < -0.4 is 4.72 Å². The minimum Gasteiger partial charge on any atom is -0.395 e. The molecule has 0 saturated carbocycles. The van der Waals surface area contributed by atoms with E-state index in [1.807, 2.05) is 13.8 Å². The van der Waals surface area contributed by atoms with E-state index in [0.29, 0.717) is 5.02 Å². The normalized spacial score (nSPS) is 14.2. The van der Waals surface area contributed by atoms with Crippen molar-refractivity contribution < 1.29 is 13.5 Å². The summed E-state index contributed by atoms with van der Waals surface area (Å²) in [7, 11) is -3.57. The minimum absolute atomic E-state index is 0.0173. The second-order valence-electron chi connectivity index (χ2n) is 4.55. The molecule has 0 radical (unpaired) electrons. The molecular formula is C13H18ClNO3S. The fourth-order valence-corrected chi connectivity index (χ4v) is 2.69. The van der Waals surface area contributed by atoms with E-state index in [1.54, 1.807) is 24.3 Å². The summed E-state index contributed by atoms with van der Waals surface area (Å²) in [6.45, 7) is 3.45. The van der Waals surface area contributed by atoms with Gasteiger partial charge in [-0.05, 0) is 29.7 Å². The van der Waals surface area contributed by atoms with Gasteiger partial charge in [0.05, 0.1) is 6.61 Å². The first-order valence-corrected chi connectivity index (χ1v) is 7.83. The summed E-state index contributed by atoms with van der Waals surface area (Å²) < 4.78 is 26.1. The number of hydrogen-bond acceptors (Lipinski definition) is 3. The molecule has 106 valence electrons. The maximum Gasteiger partial charge on any atom is 0.234 e. The van der Waals surface area contributed by atoms with Gasteiger partial charge in [0.2, 0.25) is 10.0 Å². The Morgan fingerprint density at radius 3 is 2.37 bits per heavy atom. The van der Waals surface area contributed by atoms with Gasteiger partial charge in [-0.25, -0.2) is 13.1 Å². The van der Waals surface area contributed by atoms with Gasteiger partial charge in [-0.3, -0.25) is 0 Å². The van der Waals surface area contributed by atoms with Gasteiger partial charge in [0.25, 0.3) is 0 Å². The van der Waals surface area contributed by atoms with E-state index in [9.17, 15) is 8.42 Å². The highest BCUT2D eigenvalue weighted by atomic mass is 35.5. The second kappa shape index (κ2) is 7.05. The summed E-state index contributed by atoms with van der Waals surface area (Å²) in [4.78, 5) is 0. The van der Waals surface area contributed by atoms with Gasteiger partial charge in [-0.2, -0.15) is 0 Å². The maximum atomic E-state index is 11.8. The molecular weight excluding hydrogens is 286 g/mol. The predicted octanol–water partition coefficient (Wildman–Crippen LogP) is 2.25. The molecule has 0 aliphatic carbocycles. The van der Waals surface area contributed by atoms with Gasteiger partial charge in [0.15, 0.2) is 0 Å². The van der Waals surface area contributed by atoms with Gasteiger partial charge in [-0.1, -0.05) is 37.6 Å². The molecule has 4 nitrogen and oxygen atoms in total. The Hall–Kier alpha value is -0.880. The summed E-state index contributed by atoms with van der Waals surface area (Å²) in [5, 5.41) is 10.8. The number of rotatable bonds is 6. The van der Waals surface area contributed by atoms with Crippen LogP contribution in [0.4, 0.5) is 0 Å². The first-order valence-electron chi connectivity index (χ1n) is 5.91. The van der Waals surface area contributed by atoms with Crippen molar-refractivity contribution in [3.05, 3.63) is 40.3 Å². The average molecular weight is 304 g/mol. The van der Waals surface area contributed by atoms with Crippen LogP contribution in [-0.2, 0) is 10.0 Å². The van der Waals surface area contributed by atoms with E-state index in [1.165, 1.54) is 6.08 Å². The first kappa shape index (κ1) is 16.2. The second-order valence-corrected chi connectivity index (χ2v) is 6.58. The quantitative estimate of drug-likeness (QED) is 0.847. The largest absolute Gasteiger partial charge is 0.395 e. The number of aliphatic hydroxyl groups excluding tert-OH is 1. The third kappa shape index (κ3) is 5.74. The molecule has 0 saturated heterocycles. The molecule has 1 aromatic carbocycles. The number of sulfonamides is 1. The molecule has 0 spiro atoms. The molecule has 1 unspecified atom stereocenters. The third-order valence-electron chi connectivity index (χ3n) is 2.63. The lowest BCUT2D eigenvalue weighted by molar-refractivity contribution is 0.228. The summed E-state index contributed by atoms with van der Waals surface area (Å²) in [5.74, 6) is 0.0173. The summed E-state index contributed by atoms with van der Waals surface area (Å²) in [6, 6.07) is 6.33. The number of hydrogen-bond donors (Lipinski definition) is 2. The Morgan fingerprint density at radius 2 is 1.89 bits per heavy atom. The Balaban J connectivity index is 2.76. The highest BCUT2D eigenvalue weighted by molar-refractivity contribution is 7.92. The van der Waals surface area contributed by atoms with Crippen LogP contribution in [0.2, 0.25) is 5.02 Å². The van der Waals surface area contributed by atoms with Crippen molar-refractivity contribution in [3.8, 4) is 0 Å².